The zero-order valence-electron chi connectivity index (χ0n) is 17.4. The molecule has 154 valence electrons. The minimum Gasteiger partial charge on any atom is -0.361 e. The molecule has 2 aliphatic rings. The molecule has 4 rings (SSSR count). The van der Waals surface area contributed by atoms with Gasteiger partial charge in [-0.25, -0.2) is 0 Å². The predicted octanol–water partition coefficient (Wildman–Crippen LogP) is 3.69. The summed E-state index contributed by atoms with van der Waals surface area (Å²) in [6.45, 7) is 6.61. The molecule has 2 amide bonds. The molecule has 29 heavy (non-hydrogen) atoms. The van der Waals surface area contributed by atoms with Gasteiger partial charge in [0.15, 0.2) is 0 Å². The van der Waals surface area contributed by atoms with Gasteiger partial charge in [-0.2, -0.15) is 0 Å². The number of nitrogens with zero attached hydrogens (tertiary/aromatic N) is 3. The molecular formula is C23H29N3O3. The summed E-state index contributed by atoms with van der Waals surface area (Å²) < 4.78 is 5.27. The Bertz CT molecular complexity index is 873. The monoisotopic (exact) mass is 395 g/mol. The van der Waals surface area contributed by atoms with Gasteiger partial charge in [-0.3, -0.25) is 9.59 Å². The Morgan fingerprint density at radius 2 is 1.83 bits per heavy atom. The maximum Gasteiger partial charge on any atom is 0.259 e. The third-order valence-electron chi connectivity index (χ3n) is 6.50. The van der Waals surface area contributed by atoms with Gasteiger partial charge < -0.3 is 14.3 Å². The van der Waals surface area contributed by atoms with Crippen molar-refractivity contribution in [3.63, 3.8) is 0 Å². The summed E-state index contributed by atoms with van der Waals surface area (Å²) in [7, 11) is 0. The van der Waals surface area contributed by atoms with Crippen molar-refractivity contribution in [3.8, 4) is 0 Å². The first-order valence-electron chi connectivity index (χ1n) is 10.5. The Labute approximate surface area is 171 Å². The quantitative estimate of drug-likeness (QED) is 0.778. The highest BCUT2D eigenvalue weighted by Crippen LogP contribution is 2.40. The highest BCUT2D eigenvalue weighted by Gasteiger charge is 2.48. The fourth-order valence-electron chi connectivity index (χ4n) is 5.16. The first-order valence-corrected chi connectivity index (χ1v) is 10.5. The van der Waals surface area contributed by atoms with Gasteiger partial charge in [-0.15, -0.1) is 0 Å². The van der Waals surface area contributed by atoms with E-state index in [4.69, 9.17) is 4.52 Å². The van der Waals surface area contributed by atoms with E-state index in [-0.39, 0.29) is 29.8 Å². The van der Waals surface area contributed by atoms with Crippen LogP contribution in [-0.2, 0) is 4.79 Å². The van der Waals surface area contributed by atoms with Crippen molar-refractivity contribution in [2.24, 2.45) is 0 Å². The van der Waals surface area contributed by atoms with Gasteiger partial charge in [-0.05, 0) is 32.3 Å². The van der Waals surface area contributed by atoms with Gasteiger partial charge in [0.05, 0.1) is 17.8 Å². The number of rotatable bonds is 2. The number of hydrogen-bond donors (Lipinski definition) is 0. The molecule has 3 atom stereocenters. The van der Waals surface area contributed by atoms with E-state index in [2.05, 4.69) is 17.3 Å². The van der Waals surface area contributed by atoms with Crippen LogP contribution in [0.2, 0.25) is 0 Å². The topological polar surface area (TPSA) is 66.7 Å². The van der Waals surface area contributed by atoms with Gasteiger partial charge in [0.1, 0.15) is 11.3 Å². The van der Waals surface area contributed by atoms with Crippen LogP contribution in [0, 0.1) is 13.8 Å². The summed E-state index contributed by atoms with van der Waals surface area (Å²) in [5.74, 6) is 0.724. The Morgan fingerprint density at radius 3 is 2.48 bits per heavy atom. The van der Waals surface area contributed by atoms with E-state index in [0.717, 1.165) is 32.2 Å². The minimum atomic E-state index is -0.0289. The summed E-state index contributed by atoms with van der Waals surface area (Å²) in [5.41, 5.74) is 2.37. The van der Waals surface area contributed by atoms with Crippen molar-refractivity contribution >= 4 is 11.8 Å². The van der Waals surface area contributed by atoms with Gasteiger partial charge in [0, 0.05) is 25.9 Å². The van der Waals surface area contributed by atoms with Gasteiger partial charge in [0.25, 0.3) is 5.91 Å². The molecule has 1 aromatic carbocycles. The molecule has 0 N–H and O–H groups in total. The first-order chi connectivity index (χ1) is 14.0. The molecule has 2 saturated heterocycles. The fourth-order valence-corrected chi connectivity index (χ4v) is 5.16. The second-order valence-electron chi connectivity index (χ2n) is 8.29. The number of carbonyl (C=O) groups is 2. The number of carbonyl (C=O) groups excluding carboxylic acids is 2. The highest BCUT2D eigenvalue weighted by molar-refractivity contribution is 5.96. The summed E-state index contributed by atoms with van der Waals surface area (Å²) in [6.07, 6.45) is 4.07. The smallest absolute Gasteiger partial charge is 0.259 e. The van der Waals surface area contributed by atoms with Crippen molar-refractivity contribution in [2.45, 2.75) is 64.5 Å². The zero-order valence-corrected chi connectivity index (χ0v) is 17.4. The lowest BCUT2D eigenvalue weighted by Crippen LogP contribution is -2.51. The lowest BCUT2D eigenvalue weighted by Gasteiger charge is -2.38. The molecule has 0 radical (unpaired) electrons. The van der Waals surface area contributed by atoms with Crippen LogP contribution < -0.4 is 0 Å². The molecular weight excluding hydrogens is 366 g/mol. The van der Waals surface area contributed by atoms with Crippen molar-refractivity contribution in [2.75, 3.05) is 13.1 Å². The van der Waals surface area contributed by atoms with E-state index >= 15 is 0 Å². The SMILES string of the molecule is CC(=O)N1CCCCC[C@@H]2[C@@H]1[C@H](c1ccccc1)CN2C(=O)c1c(C)noc1C. The molecule has 0 saturated carbocycles. The van der Waals surface area contributed by atoms with Crippen LogP contribution in [0.5, 0.6) is 0 Å². The van der Waals surface area contributed by atoms with Crippen LogP contribution in [0.25, 0.3) is 0 Å². The molecule has 6 heteroatoms. The lowest BCUT2D eigenvalue weighted by molar-refractivity contribution is -0.132. The number of aromatic nitrogens is 1. The van der Waals surface area contributed by atoms with E-state index in [1.54, 1.807) is 13.8 Å². The van der Waals surface area contributed by atoms with Crippen LogP contribution in [-0.4, -0.2) is 51.9 Å². The van der Waals surface area contributed by atoms with Crippen LogP contribution in [0.15, 0.2) is 34.9 Å². The second-order valence-corrected chi connectivity index (χ2v) is 8.29. The Hall–Kier alpha value is -2.63. The maximum atomic E-state index is 13.6. The third kappa shape index (κ3) is 3.56. The van der Waals surface area contributed by atoms with Crippen LogP contribution in [0.3, 0.4) is 0 Å². The van der Waals surface area contributed by atoms with Crippen molar-refractivity contribution in [1.29, 1.82) is 0 Å². The Kier molecular flexibility index (Phi) is 5.43. The normalized spacial score (nSPS) is 24.7. The van der Waals surface area contributed by atoms with Crippen LogP contribution in [0.4, 0.5) is 0 Å². The number of benzene rings is 1. The molecule has 2 fully saturated rings. The van der Waals surface area contributed by atoms with Gasteiger partial charge >= 0.3 is 0 Å². The number of hydrogen-bond acceptors (Lipinski definition) is 4. The average Bonchev–Trinajstić information content (AvgIpc) is 3.21. The largest absolute Gasteiger partial charge is 0.361 e. The summed E-state index contributed by atoms with van der Waals surface area (Å²) in [4.78, 5) is 30.2. The molecule has 0 bridgehead atoms. The fraction of sp³-hybridized carbons (Fsp3) is 0.522. The molecule has 0 spiro atoms. The van der Waals surface area contributed by atoms with E-state index in [9.17, 15) is 9.59 Å². The third-order valence-corrected chi connectivity index (χ3v) is 6.50. The summed E-state index contributed by atoms with van der Waals surface area (Å²) >= 11 is 0. The molecule has 0 aliphatic carbocycles. The molecule has 2 aromatic rings. The van der Waals surface area contributed by atoms with Gasteiger partial charge in [0.2, 0.25) is 5.91 Å². The second kappa shape index (κ2) is 8.01. The van der Waals surface area contributed by atoms with Gasteiger partial charge in [-0.1, -0.05) is 48.3 Å². The number of amides is 2. The Morgan fingerprint density at radius 1 is 1.07 bits per heavy atom. The summed E-state index contributed by atoms with van der Waals surface area (Å²) in [6, 6.07) is 10.3. The Balaban J connectivity index is 1.77. The van der Waals surface area contributed by atoms with E-state index in [1.807, 2.05) is 34.9 Å². The number of fused-ring (bicyclic) bond motifs is 1. The molecule has 2 aliphatic heterocycles. The van der Waals surface area contributed by atoms with Crippen molar-refractivity contribution in [3.05, 3.63) is 52.9 Å². The molecule has 6 nitrogen and oxygen atoms in total. The number of likely N-dealkylation sites (tertiary alicyclic amines) is 2. The minimum absolute atomic E-state index is 0.000350. The number of aryl methyl sites for hydroxylation is 2. The van der Waals surface area contributed by atoms with E-state index in [0.29, 0.717) is 23.6 Å². The average molecular weight is 396 g/mol. The molecule has 1 aromatic heterocycles. The lowest BCUT2D eigenvalue weighted by atomic mass is 9.87. The predicted molar refractivity (Wildman–Crippen MR) is 110 cm³/mol. The van der Waals surface area contributed by atoms with Crippen LogP contribution >= 0.6 is 0 Å². The molecule has 3 heterocycles. The molecule has 0 unspecified atom stereocenters. The summed E-state index contributed by atoms with van der Waals surface area (Å²) in [5, 5.41) is 3.98. The zero-order chi connectivity index (χ0) is 20.5. The maximum absolute atomic E-state index is 13.6. The van der Waals surface area contributed by atoms with Crippen LogP contribution in [0.1, 0.15) is 65.9 Å². The van der Waals surface area contributed by atoms with E-state index < -0.39 is 0 Å². The highest BCUT2D eigenvalue weighted by atomic mass is 16.5. The van der Waals surface area contributed by atoms with E-state index in [1.165, 1.54) is 5.56 Å². The first kappa shape index (κ1) is 19.7. The standard InChI is InChI=1S/C23H29N3O3/c1-15-21(16(2)29-24-15)23(28)26-14-19(18-10-6-4-7-11-18)22-20(26)12-8-5-9-13-25(22)17(3)27/h4,6-7,10-11,19-20,22H,5,8-9,12-14H2,1-3H3/t19-,20+,22-/m0/s1. The van der Waals surface area contributed by atoms with Crippen molar-refractivity contribution in [1.82, 2.24) is 15.0 Å². The van der Waals surface area contributed by atoms with Crippen molar-refractivity contribution < 1.29 is 14.1 Å².